The normalized spacial score (nSPS) is 12.0. The van der Waals surface area contributed by atoms with E-state index in [0.29, 0.717) is 51.1 Å². The van der Waals surface area contributed by atoms with Gasteiger partial charge in [0.2, 0.25) is 0 Å². The number of hydrogen-bond acceptors (Lipinski definition) is 6. The Kier molecular flexibility index (Phi) is 8.14. The molecular formula is C27H26FN2O5S-. The number of nitrogens with zero attached hydrogens (tertiary/aromatic N) is 1. The summed E-state index contributed by atoms with van der Waals surface area (Å²) in [5.74, 6) is -0.476. The Morgan fingerprint density at radius 1 is 1.08 bits per heavy atom. The van der Waals surface area contributed by atoms with Crippen LogP contribution in [0, 0.1) is 5.82 Å². The van der Waals surface area contributed by atoms with E-state index in [-0.39, 0.29) is 31.4 Å². The zero-order valence-electron chi connectivity index (χ0n) is 19.7. The van der Waals surface area contributed by atoms with E-state index in [4.69, 9.17) is 15.2 Å². The number of carbonyl (C=O) groups excluding carboxylic acids is 1. The first-order valence-corrected chi connectivity index (χ1v) is 12.7. The highest BCUT2D eigenvalue weighted by atomic mass is 32.2. The minimum atomic E-state index is -2.32. The molecule has 9 heteroatoms. The number of nitrogens with two attached hydrogens (primary N) is 1. The number of halogens is 1. The van der Waals surface area contributed by atoms with Gasteiger partial charge in [-0.1, -0.05) is 36.4 Å². The summed E-state index contributed by atoms with van der Waals surface area (Å²) < 4.78 is 50.8. The summed E-state index contributed by atoms with van der Waals surface area (Å²) in [6.07, 6.45) is 1.73. The Morgan fingerprint density at radius 3 is 2.61 bits per heavy atom. The molecule has 0 radical (unpaired) electrons. The molecule has 3 aromatic carbocycles. The molecule has 1 heterocycles. The first-order chi connectivity index (χ1) is 17.4. The summed E-state index contributed by atoms with van der Waals surface area (Å²) in [6.45, 7) is 2.21. The summed E-state index contributed by atoms with van der Waals surface area (Å²) in [5, 5.41) is 0.708. The van der Waals surface area contributed by atoms with Crippen LogP contribution < -0.4 is 10.5 Å². The van der Waals surface area contributed by atoms with Crippen LogP contribution in [0.25, 0.3) is 22.0 Å². The molecule has 2 N–H and O–H groups in total. The van der Waals surface area contributed by atoms with E-state index in [0.717, 1.165) is 0 Å². The number of carbonyl (C=O) groups is 1. The second-order valence-electron chi connectivity index (χ2n) is 8.16. The third kappa shape index (κ3) is 5.64. The molecular weight excluding hydrogens is 483 g/mol. The Morgan fingerprint density at radius 2 is 1.86 bits per heavy atom. The number of aromatic nitrogens is 1. The average molecular weight is 510 g/mol. The standard InChI is InChI=1S/C27H27FN2O5S/c1-2-34-26(31)14-19-6-3-4-9-25(19)35-16-18-12-23(22-8-5-7-20(15-29)27(22)28)21-10-11-30(17-36(32)33)24(21)13-18/h3-13H,2,14-17,29H2,1H3,(H,32,33)/p-1. The smallest absolute Gasteiger partial charge is 0.310 e. The van der Waals surface area contributed by atoms with Crippen molar-refractivity contribution in [1.29, 1.82) is 0 Å². The molecule has 0 bridgehead atoms. The van der Waals surface area contributed by atoms with Crippen LogP contribution in [0.5, 0.6) is 5.75 Å². The Bertz CT molecular complexity index is 1420. The van der Waals surface area contributed by atoms with E-state index in [2.05, 4.69) is 0 Å². The van der Waals surface area contributed by atoms with Gasteiger partial charge in [-0.05, 0) is 53.4 Å². The van der Waals surface area contributed by atoms with Crippen molar-refractivity contribution in [1.82, 2.24) is 4.57 Å². The van der Waals surface area contributed by atoms with Gasteiger partial charge in [0.15, 0.2) is 0 Å². The van der Waals surface area contributed by atoms with Crippen LogP contribution in [0.15, 0.2) is 66.9 Å². The van der Waals surface area contributed by atoms with Crippen LogP contribution in [0.4, 0.5) is 4.39 Å². The molecule has 0 fully saturated rings. The SMILES string of the molecule is CCOC(=O)Cc1ccccc1OCc1cc(-c2cccc(CN)c2F)c2ccn(CS(=O)[O-])c2c1. The molecule has 0 saturated carbocycles. The van der Waals surface area contributed by atoms with Gasteiger partial charge in [0.25, 0.3) is 0 Å². The van der Waals surface area contributed by atoms with Gasteiger partial charge in [0.05, 0.1) is 18.9 Å². The molecule has 0 saturated heterocycles. The predicted molar refractivity (Wildman–Crippen MR) is 135 cm³/mol. The maximum absolute atomic E-state index is 15.3. The molecule has 0 spiro atoms. The Balaban J connectivity index is 1.74. The van der Waals surface area contributed by atoms with Crippen molar-refractivity contribution in [3.63, 3.8) is 0 Å². The monoisotopic (exact) mass is 509 g/mol. The lowest BCUT2D eigenvalue weighted by molar-refractivity contribution is -0.142. The molecule has 0 aliphatic rings. The number of benzene rings is 3. The third-order valence-electron chi connectivity index (χ3n) is 5.79. The van der Waals surface area contributed by atoms with Crippen LogP contribution in [-0.2, 0) is 46.1 Å². The summed E-state index contributed by atoms with van der Waals surface area (Å²) in [6, 6.07) is 17.6. The third-order valence-corrected chi connectivity index (χ3v) is 6.28. The molecule has 0 amide bonds. The van der Waals surface area contributed by atoms with Gasteiger partial charge in [0, 0.05) is 40.3 Å². The first-order valence-electron chi connectivity index (χ1n) is 11.4. The zero-order chi connectivity index (χ0) is 25.7. The number of esters is 1. The number of hydrogen-bond donors (Lipinski definition) is 1. The van der Waals surface area contributed by atoms with Gasteiger partial charge >= 0.3 is 5.97 Å². The highest BCUT2D eigenvalue weighted by Gasteiger charge is 2.16. The van der Waals surface area contributed by atoms with Crippen molar-refractivity contribution in [2.75, 3.05) is 6.61 Å². The summed E-state index contributed by atoms with van der Waals surface area (Å²) in [4.78, 5) is 12.0. The van der Waals surface area contributed by atoms with Crippen LogP contribution in [0.1, 0.15) is 23.6 Å². The fourth-order valence-electron chi connectivity index (χ4n) is 4.15. The van der Waals surface area contributed by atoms with E-state index in [1.54, 1.807) is 60.2 Å². The summed E-state index contributed by atoms with van der Waals surface area (Å²) in [7, 11) is 0. The zero-order valence-corrected chi connectivity index (χ0v) is 20.6. The Hall–Kier alpha value is -3.53. The van der Waals surface area contributed by atoms with Crippen LogP contribution in [0.2, 0.25) is 0 Å². The van der Waals surface area contributed by atoms with Crippen LogP contribution in [0.3, 0.4) is 0 Å². The molecule has 0 aliphatic heterocycles. The molecule has 7 nitrogen and oxygen atoms in total. The minimum Gasteiger partial charge on any atom is -0.771 e. The number of rotatable bonds is 10. The molecule has 36 heavy (non-hydrogen) atoms. The highest BCUT2D eigenvalue weighted by Crippen LogP contribution is 2.34. The lowest BCUT2D eigenvalue weighted by Crippen LogP contribution is -2.09. The van der Waals surface area contributed by atoms with Gasteiger partial charge in [-0.3, -0.25) is 9.00 Å². The molecule has 1 unspecified atom stereocenters. The number of fused-ring (bicyclic) bond motifs is 1. The molecule has 0 aliphatic carbocycles. The lowest BCUT2D eigenvalue weighted by Gasteiger charge is -2.15. The van der Waals surface area contributed by atoms with Crippen LogP contribution >= 0.6 is 0 Å². The maximum atomic E-state index is 15.3. The van der Waals surface area contributed by atoms with Gasteiger partial charge in [-0.15, -0.1) is 0 Å². The largest absolute Gasteiger partial charge is 0.771 e. The fraction of sp³-hybridized carbons (Fsp3) is 0.222. The molecule has 188 valence electrons. The molecule has 1 atom stereocenters. The van der Waals surface area contributed by atoms with Crippen molar-refractivity contribution >= 4 is 28.0 Å². The number of ether oxygens (including phenoxy) is 2. The second-order valence-corrected chi connectivity index (χ2v) is 9.02. The number of para-hydroxylation sites is 1. The summed E-state index contributed by atoms with van der Waals surface area (Å²) >= 11 is -2.32. The average Bonchev–Trinajstić information content (AvgIpc) is 3.25. The minimum absolute atomic E-state index is 0.0546. The highest BCUT2D eigenvalue weighted by molar-refractivity contribution is 7.78. The fourth-order valence-corrected chi connectivity index (χ4v) is 4.60. The topological polar surface area (TPSA) is 107 Å². The first kappa shape index (κ1) is 25.6. The lowest BCUT2D eigenvalue weighted by atomic mass is 9.97. The quantitative estimate of drug-likeness (QED) is 0.250. The van der Waals surface area contributed by atoms with Crippen molar-refractivity contribution in [3.05, 3.63) is 89.4 Å². The van der Waals surface area contributed by atoms with Crippen molar-refractivity contribution in [2.24, 2.45) is 5.73 Å². The molecule has 4 rings (SSSR count). The molecule has 4 aromatic rings. The van der Waals surface area contributed by atoms with Crippen molar-refractivity contribution in [3.8, 4) is 16.9 Å². The van der Waals surface area contributed by atoms with Gasteiger partial charge in [0.1, 0.15) is 18.2 Å². The summed E-state index contributed by atoms with van der Waals surface area (Å²) in [5.41, 5.74) is 9.09. The molecule has 1 aromatic heterocycles. The Labute approximate surface area is 210 Å². The van der Waals surface area contributed by atoms with E-state index >= 15 is 4.39 Å². The second kappa shape index (κ2) is 11.5. The van der Waals surface area contributed by atoms with Gasteiger partial charge < -0.3 is 24.3 Å². The maximum Gasteiger partial charge on any atom is 0.310 e. The van der Waals surface area contributed by atoms with Crippen molar-refractivity contribution < 1.29 is 27.4 Å². The van der Waals surface area contributed by atoms with E-state index in [1.165, 1.54) is 0 Å². The van der Waals surface area contributed by atoms with Gasteiger partial charge in [-0.2, -0.15) is 0 Å². The van der Waals surface area contributed by atoms with E-state index in [9.17, 15) is 13.6 Å². The van der Waals surface area contributed by atoms with Crippen molar-refractivity contribution in [2.45, 2.75) is 32.4 Å². The predicted octanol–water partition coefficient (Wildman–Crippen LogP) is 4.43. The van der Waals surface area contributed by atoms with Gasteiger partial charge in [-0.25, -0.2) is 4.39 Å². The van der Waals surface area contributed by atoms with E-state index in [1.807, 2.05) is 18.2 Å². The van der Waals surface area contributed by atoms with Crippen LogP contribution in [-0.4, -0.2) is 25.9 Å². The van der Waals surface area contributed by atoms with E-state index < -0.39 is 16.9 Å².